The van der Waals surface area contributed by atoms with Gasteiger partial charge in [0.1, 0.15) is 0 Å². The number of carboxylic acid groups (broad SMARTS) is 3. The molecule has 0 aromatic heterocycles. The fraction of sp³-hybridized carbons (Fsp3) is 0.885. The van der Waals surface area contributed by atoms with Crippen LogP contribution in [0.5, 0.6) is 0 Å². The van der Waals surface area contributed by atoms with Crippen LogP contribution in [-0.2, 0) is 14.4 Å². The lowest BCUT2D eigenvalue weighted by atomic mass is 10.0. The molecule has 6 nitrogen and oxygen atoms in total. The van der Waals surface area contributed by atoms with Crippen molar-refractivity contribution >= 4 is 17.9 Å². The number of hydrogen-bond acceptors (Lipinski definition) is 6. The highest BCUT2D eigenvalue weighted by atomic mass is 16.4. The van der Waals surface area contributed by atoms with Crippen LogP contribution in [0.4, 0.5) is 0 Å². The number of carboxylic acids is 3. The van der Waals surface area contributed by atoms with Crippen molar-refractivity contribution in [1.29, 1.82) is 0 Å². The van der Waals surface area contributed by atoms with E-state index in [0.29, 0.717) is 12.8 Å². The van der Waals surface area contributed by atoms with Crippen molar-refractivity contribution in [2.24, 2.45) is 0 Å². The molecular weight excluding hydrogens is 408 g/mol. The summed E-state index contributed by atoms with van der Waals surface area (Å²) in [5.74, 6) is -2.90. The number of carbonyl (C=O) groups excluding carboxylic acids is 3. The average molecular weight is 456 g/mol. The number of rotatable bonds is 23. The lowest BCUT2D eigenvalue weighted by Gasteiger charge is -2.03. The Balaban J connectivity index is 0. The summed E-state index contributed by atoms with van der Waals surface area (Å²) < 4.78 is 0. The Bertz CT molecular complexity index is 416. The first kappa shape index (κ1) is 32.6. The van der Waals surface area contributed by atoms with Crippen molar-refractivity contribution in [2.75, 3.05) is 0 Å². The highest BCUT2D eigenvalue weighted by Gasteiger charge is 1.94. The first-order valence-corrected chi connectivity index (χ1v) is 13.0. The summed E-state index contributed by atoms with van der Waals surface area (Å²) in [5.41, 5.74) is 0. The Morgan fingerprint density at radius 1 is 0.375 bits per heavy atom. The lowest BCUT2D eigenvalue weighted by Crippen LogP contribution is -2.21. The SMILES string of the molecule is CCCCCCCCCCCCCCCC(=O)[O-].O=C([O-])CCCCCCCCC(=O)[O-]. The zero-order chi connectivity index (χ0) is 24.3. The summed E-state index contributed by atoms with van der Waals surface area (Å²) >= 11 is 0. The van der Waals surface area contributed by atoms with Gasteiger partial charge in [-0.25, -0.2) is 0 Å². The zero-order valence-electron chi connectivity index (χ0n) is 20.5. The van der Waals surface area contributed by atoms with E-state index in [1.807, 2.05) is 0 Å². The van der Waals surface area contributed by atoms with Gasteiger partial charge in [-0.1, -0.05) is 110 Å². The normalized spacial score (nSPS) is 10.4. The molecule has 0 rings (SSSR count). The second-order valence-electron chi connectivity index (χ2n) is 8.73. The molecule has 0 radical (unpaired) electrons. The van der Waals surface area contributed by atoms with Crippen molar-refractivity contribution in [1.82, 2.24) is 0 Å². The van der Waals surface area contributed by atoms with Crippen LogP contribution >= 0.6 is 0 Å². The van der Waals surface area contributed by atoms with Crippen LogP contribution in [0.1, 0.15) is 148 Å². The summed E-state index contributed by atoms with van der Waals surface area (Å²) in [5, 5.41) is 30.2. The van der Waals surface area contributed by atoms with Crippen LogP contribution in [-0.4, -0.2) is 17.9 Å². The van der Waals surface area contributed by atoms with E-state index in [0.717, 1.165) is 38.5 Å². The maximum absolute atomic E-state index is 10.2. The molecule has 190 valence electrons. The summed E-state index contributed by atoms with van der Waals surface area (Å²) in [4.78, 5) is 30.2. The monoisotopic (exact) mass is 455 g/mol. The van der Waals surface area contributed by atoms with E-state index < -0.39 is 17.9 Å². The fourth-order valence-corrected chi connectivity index (χ4v) is 3.53. The topological polar surface area (TPSA) is 120 Å². The molecule has 0 aliphatic heterocycles. The molecule has 6 heteroatoms. The van der Waals surface area contributed by atoms with Crippen molar-refractivity contribution in [3.05, 3.63) is 0 Å². The molecule has 0 aliphatic carbocycles. The fourth-order valence-electron chi connectivity index (χ4n) is 3.53. The number of carbonyl (C=O) groups is 3. The molecule has 0 unspecified atom stereocenters. The van der Waals surface area contributed by atoms with Crippen molar-refractivity contribution < 1.29 is 29.7 Å². The summed E-state index contributed by atoms with van der Waals surface area (Å²) in [6.45, 7) is 2.26. The third-order valence-electron chi connectivity index (χ3n) is 5.50. The van der Waals surface area contributed by atoms with E-state index in [2.05, 4.69) is 6.92 Å². The van der Waals surface area contributed by atoms with E-state index >= 15 is 0 Å². The van der Waals surface area contributed by atoms with Crippen LogP contribution in [0, 0.1) is 0 Å². The molecule has 0 aromatic carbocycles. The van der Waals surface area contributed by atoms with Crippen LogP contribution < -0.4 is 15.3 Å². The largest absolute Gasteiger partial charge is 0.550 e. The average Bonchev–Trinajstić information content (AvgIpc) is 2.73. The number of aliphatic carboxylic acids is 3. The molecule has 32 heavy (non-hydrogen) atoms. The van der Waals surface area contributed by atoms with Gasteiger partial charge in [0, 0.05) is 17.9 Å². The summed E-state index contributed by atoms with van der Waals surface area (Å²) in [6, 6.07) is 0. The van der Waals surface area contributed by atoms with Gasteiger partial charge < -0.3 is 29.7 Å². The Kier molecular flexibility index (Phi) is 27.9. The van der Waals surface area contributed by atoms with Gasteiger partial charge in [-0.2, -0.15) is 0 Å². The molecule has 0 heterocycles. The van der Waals surface area contributed by atoms with E-state index in [9.17, 15) is 29.7 Å². The lowest BCUT2D eigenvalue weighted by molar-refractivity contribution is -0.307. The first-order valence-electron chi connectivity index (χ1n) is 13.0. The highest BCUT2D eigenvalue weighted by Crippen LogP contribution is 2.12. The second-order valence-corrected chi connectivity index (χ2v) is 8.73. The molecule has 0 fully saturated rings. The molecule has 0 amide bonds. The van der Waals surface area contributed by atoms with Gasteiger partial charge in [0.05, 0.1) is 0 Å². The molecule has 0 saturated carbocycles. The van der Waals surface area contributed by atoms with E-state index in [-0.39, 0.29) is 19.3 Å². The van der Waals surface area contributed by atoms with Crippen molar-refractivity contribution in [3.8, 4) is 0 Å². The van der Waals surface area contributed by atoms with Crippen LogP contribution in [0.2, 0.25) is 0 Å². The van der Waals surface area contributed by atoms with Gasteiger partial charge in [-0.3, -0.25) is 0 Å². The maximum Gasteiger partial charge on any atom is 0.0414 e. The minimum atomic E-state index is -0.998. The van der Waals surface area contributed by atoms with E-state index in [4.69, 9.17) is 0 Å². The minimum absolute atomic E-state index is 0.124. The molecule has 0 saturated heterocycles. The van der Waals surface area contributed by atoms with Crippen LogP contribution in [0.3, 0.4) is 0 Å². The highest BCUT2D eigenvalue weighted by molar-refractivity contribution is 5.64. The Hall–Kier alpha value is -1.59. The van der Waals surface area contributed by atoms with Gasteiger partial charge in [0.25, 0.3) is 0 Å². The van der Waals surface area contributed by atoms with Gasteiger partial charge in [-0.15, -0.1) is 0 Å². The number of unbranched alkanes of at least 4 members (excludes halogenated alkanes) is 17. The second kappa shape index (κ2) is 27.4. The molecule has 0 spiro atoms. The Morgan fingerprint density at radius 2 is 0.562 bits per heavy atom. The number of hydrogen-bond donors (Lipinski definition) is 0. The Labute approximate surface area is 196 Å². The third-order valence-corrected chi connectivity index (χ3v) is 5.50. The predicted octanol–water partition coefficient (Wildman–Crippen LogP) is 3.82. The molecule has 0 N–H and O–H groups in total. The van der Waals surface area contributed by atoms with Gasteiger partial charge in [0.2, 0.25) is 0 Å². The van der Waals surface area contributed by atoms with Gasteiger partial charge in [-0.05, 0) is 38.5 Å². The van der Waals surface area contributed by atoms with Crippen LogP contribution in [0.25, 0.3) is 0 Å². The smallest absolute Gasteiger partial charge is 0.0414 e. The van der Waals surface area contributed by atoms with Crippen molar-refractivity contribution in [3.63, 3.8) is 0 Å². The molecule has 0 aromatic rings. The molecular formula is C26H47O6-3. The Morgan fingerprint density at radius 3 is 0.750 bits per heavy atom. The van der Waals surface area contributed by atoms with Gasteiger partial charge >= 0.3 is 0 Å². The van der Waals surface area contributed by atoms with E-state index in [1.54, 1.807) is 0 Å². The molecule has 0 bridgehead atoms. The predicted molar refractivity (Wildman–Crippen MR) is 122 cm³/mol. The van der Waals surface area contributed by atoms with Gasteiger partial charge in [0.15, 0.2) is 0 Å². The first-order chi connectivity index (χ1) is 15.4. The maximum atomic E-state index is 10.2. The zero-order valence-corrected chi connectivity index (χ0v) is 20.5. The quantitative estimate of drug-likeness (QED) is 0.216. The summed E-state index contributed by atoms with van der Waals surface area (Å²) in [7, 11) is 0. The van der Waals surface area contributed by atoms with Crippen LogP contribution in [0.15, 0.2) is 0 Å². The molecule has 0 aliphatic rings. The van der Waals surface area contributed by atoms with Crippen molar-refractivity contribution in [2.45, 2.75) is 148 Å². The third kappa shape index (κ3) is 35.8. The van der Waals surface area contributed by atoms with E-state index in [1.165, 1.54) is 70.6 Å². The minimum Gasteiger partial charge on any atom is -0.550 e. The molecule has 0 atom stereocenters. The summed E-state index contributed by atoms with van der Waals surface area (Å²) in [6.07, 6.45) is 22.2. The standard InChI is InChI=1S/C16H32O2.C10H18O4/c1-2-3-4-5-6-7-8-9-10-11-12-13-14-15-16(17)18;11-9(12)7-5-3-1-2-4-6-8-10(13)14/h2-15H2,1H3,(H,17,18);1-8H2,(H,11,12)(H,13,14)/p-3.